The molecule has 20 heavy (non-hydrogen) atoms. The highest BCUT2D eigenvalue weighted by Crippen LogP contribution is 2.18. The number of carboxylic acid groups (broad SMARTS) is 1. The molecule has 0 atom stereocenters. The van der Waals surface area contributed by atoms with Crippen LogP contribution < -0.4 is 0 Å². The van der Waals surface area contributed by atoms with Crippen LogP contribution in [0.4, 0.5) is 0 Å². The Hall–Kier alpha value is -2.21. The number of hydrogen-bond donors (Lipinski definition) is 1. The minimum atomic E-state index is -0.961. The molecule has 0 aliphatic rings. The van der Waals surface area contributed by atoms with Crippen LogP contribution in [0.15, 0.2) is 29.8 Å². The Kier molecular flexibility index (Phi) is 4.47. The van der Waals surface area contributed by atoms with Crippen molar-refractivity contribution in [2.75, 3.05) is 6.61 Å². The highest BCUT2D eigenvalue weighted by molar-refractivity contribution is 7.11. The zero-order valence-corrected chi connectivity index (χ0v) is 11.6. The van der Waals surface area contributed by atoms with Gasteiger partial charge in [-0.1, -0.05) is 12.1 Å². The minimum absolute atomic E-state index is 0.234. The number of nitrogens with zero attached hydrogens (tertiary/aromatic N) is 1. The molecular formula is C14H13NO4S. The predicted octanol–water partition coefficient (Wildman–Crippen LogP) is 2.61. The summed E-state index contributed by atoms with van der Waals surface area (Å²) in [4.78, 5) is 27.2. The van der Waals surface area contributed by atoms with Crippen molar-refractivity contribution in [3.05, 3.63) is 51.5 Å². The molecule has 1 heterocycles. The van der Waals surface area contributed by atoms with E-state index in [1.165, 1.54) is 23.5 Å². The number of aromatic nitrogens is 1. The Bertz CT molecular complexity index is 618. The summed E-state index contributed by atoms with van der Waals surface area (Å²) in [5, 5.41) is 8.84. The molecule has 0 spiro atoms. The quantitative estimate of drug-likeness (QED) is 0.857. The molecule has 1 N–H and O–H groups in total. The molecule has 1 aromatic heterocycles. The molecule has 2 rings (SSSR count). The molecule has 0 fully saturated rings. The number of carbonyl (C=O) groups excluding carboxylic acids is 1. The molecule has 0 unspecified atom stereocenters. The van der Waals surface area contributed by atoms with Gasteiger partial charge in [-0.3, -0.25) is 0 Å². The van der Waals surface area contributed by atoms with Gasteiger partial charge >= 0.3 is 11.9 Å². The second kappa shape index (κ2) is 6.29. The van der Waals surface area contributed by atoms with Crippen molar-refractivity contribution < 1.29 is 19.4 Å². The fourth-order valence-corrected chi connectivity index (χ4v) is 2.42. The first-order valence-electron chi connectivity index (χ1n) is 6.03. The van der Waals surface area contributed by atoms with Gasteiger partial charge in [-0.25, -0.2) is 14.6 Å². The first-order chi connectivity index (χ1) is 9.61. The average molecular weight is 291 g/mol. The van der Waals surface area contributed by atoms with Crippen molar-refractivity contribution in [2.45, 2.75) is 13.3 Å². The van der Waals surface area contributed by atoms with Crippen LogP contribution in [0.3, 0.4) is 0 Å². The van der Waals surface area contributed by atoms with Crippen molar-refractivity contribution >= 4 is 23.3 Å². The molecule has 0 bridgehead atoms. The molecule has 0 saturated carbocycles. The third-order valence-corrected chi connectivity index (χ3v) is 3.52. The van der Waals surface area contributed by atoms with E-state index >= 15 is 0 Å². The Morgan fingerprint density at radius 2 is 2.00 bits per heavy atom. The van der Waals surface area contributed by atoms with Gasteiger partial charge in [0.15, 0.2) is 0 Å². The topological polar surface area (TPSA) is 76.5 Å². The minimum Gasteiger partial charge on any atom is -0.478 e. The number of benzene rings is 1. The summed E-state index contributed by atoms with van der Waals surface area (Å²) in [6, 6.07) is 6.51. The van der Waals surface area contributed by atoms with Gasteiger partial charge in [-0.2, -0.15) is 0 Å². The second-order valence-electron chi connectivity index (χ2n) is 4.03. The van der Waals surface area contributed by atoms with Crippen molar-refractivity contribution in [1.29, 1.82) is 0 Å². The van der Waals surface area contributed by atoms with Gasteiger partial charge in [0.25, 0.3) is 0 Å². The third kappa shape index (κ3) is 3.21. The molecule has 104 valence electrons. The van der Waals surface area contributed by atoms with Crippen molar-refractivity contribution in [2.24, 2.45) is 0 Å². The summed E-state index contributed by atoms with van der Waals surface area (Å²) < 4.78 is 4.97. The lowest BCUT2D eigenvalue weighted by Crippen LogP contribution is -2.06. The van der Waals surface area contributed by atoms with E-state index < -0.39 is 5.97 Å². The number of rotatable bonds is 5. The van der Waals surface area contributed by atoms with Crippen LogP contribution in [0.25, 0.3) is 0 Å². The molecule has 2 aromatic rings. The first kappa shape index (κ1) is 14.2. The van der Waals surface area contributed by atoms with E-state index in [0.29, 0.717) is 23.6 Å². The van der Waals surface area contributed by atoms with Crippen LogP contribution >= 0.6 is 11.3 Å². The maximum absolute atomic E-state index is 11.7. The van der Waals surface area contributed by atoms with Gasteiger partial charge in [0.2, 0.25) is 0 Å². The van der Waals surface area contributed by atoms with Crippen LogP contribution in [-0.2, 0) is 11.2 Å². The summed E-state index contributed by atoms with van der Waals surface area (Å²) in [5.41, 5.74) is 3.38. The van der Waals surface area contributed by atoms with E-state index in [4.69, 9.17) is 9.84 Å². The molecule has 1 aromatic carbocycles. The Labute approximate surface area is 119 Å². The molecule has 0 saturated heterocycles. The maximum Gasteiger partial charge on any atom is 0.350 e. The maximum atomic E-state index is 11.7. The smallest absolute Gasteiger partial charge is 0.350 e. The zero-order chi connectivity index (χ0) is 14.5. The molecule has 6 heteroatoms. The monoisotopic (exact) mass is 291 g/mol. The van der Waals surface area contributed by atoms with Crippen molar-refractivity contribution in [3.63, 3.8) is 0 Å². The Balaban J connectivity index is 2.16. The first-order valence-corrected chi connectivity index (χ1v) is 6.91. The van der Waals surface area contributed by atoms with Gasteiger partial charge in [0.05, 0.1) is 23.4 Å². The van der Waals surface area contributed by atoms with Crippen LogP contribution in [0.2, 0.25) is 0 Å². The average Bonchev–Trinajstić information content (AvgIpc) is 2.88. The second-order valence-corrected chi connectivity index (χ2v) is 4.88. The summed E-state index contributed by atoms with van der Waals surface area (Å²) in [6.07, 6.45) is 0.470. The fourth-order valence-electron chi connectivity index (χ4n) is 1.72. The summed E-state index contributed by atoms with van der Waals surface area (Å²) in [6.45, 7) is 2.08. The van der Waals surface area contributed by atoms with E-state index in [-0.39, 0.29) is 11.5 Å². The number of hydrogen-bond acceptors (Lipinski definition) is 5. The largest absolute Gasteiger partial charge is 0.478 e. The molecule has 0 radical (unpaired) electrons. The zero-order valence-electron chi connectivity index (χ0n) is 10.8. The molecule has 5 nitrogen and oxygen atoms in total. The van der Waals surface area contributed by atoms with E-state index in [2.05, 4.69) is 4.98 Å². The lowest BCUT2D eigenvalue weighted by molar-refractivity contribution is 0.0530. The molecule has 0 aliphatic heterocycles. The number of ether oxygens (including phenoxy) is 1. The number of carboxylic acids is 1. The highest BCUT2D eigenvalue weighted by Gasteiger charge is 2.16. The lowest BCUT2D eigenvalue weighted by atomic mass is 10.1. The number of aromatic carboxylic acids is 1. The number of esters is 1. The highest BCUT2D eigenvalue weighted by atomic mass is 32.1. The van der Waals surface area contributed by atoms with Crippen LogP contribution in [0.5, 0.6) is 0 Å². The van der Waals surface area contributed by atoms with Crippen LogP contribution in [0, 0.1) is 0 Å². The SMILES string of the molecule is CCOC(=O)c1scnc1Cc1ccc(C(=O)O)cc1. The summed E-state index contributed by atoms with van der Waals surface area (Å²) in [5.74, 6) is -1.33. The van der Waals surface area contributed by atoms with Gasteiger partial charge < -0.3 is 9.84 Å². The standard InChI is InChI=1S/C14H13NO4S/c1-2-19-14(18)12-11(15-8-20-12)7-9-3-5-10(6-4-9)13(16)17/h3-6,8H,2,7H2,1H3,(H,16,17). The third-order valence-electron chi connectivity index (χ3n) is 2.67. The van der Waals surface area contributed by atoms with E-state index in [9.17, 15) is 9.59 Å². The van der Waals surface area contributed by atoms with E-state index in [0.717, 1.165) is 5.56 Å². The summed E-state index contributed by atoms with van der Waals surface area (Å²) >= 11 is 1.25. The van der Waals surface area contributed by atoms with Gasteiger partial charge in [-0.15, -0.1) is 11.3 Å². The number of carbonyl (C=O) groups is 2. The normalized spacial score (nSPS) is 10.2. The molecule has 0 amide bonds. The molecular weight excluding hydrogens is 278 g/mol. The van der Waals surface area contributed by atoms with Crippen molar-refractivity contribution in [3.8, 4) is 0 Å². The molecule has 0 aliphatic carbocycles. The fraction of sp³-hybridized carbons (Fsp3) is 0.214. The van der Waals surface area contributed by atoms with Gasteiger partial charge in [-0.05, 0) is 24.6 Å². The van der Waals surface area contributed by atoms with E-state index in [1.807, 2.05) is 0 Å². The van der Waals surface area contributed by atoms with Crippen LogP contribution in [-0.4, -0.2) is 28.6 Å². The van der Waals surface area contributed by atoms with Crippen LogP contribution in [0.1, 0.15) is 38.2 Å². The Morgan fingerprint density at radius 3 is 2.60 bits per heavy atom. The predicted molar refractivity (Wildman–Crippen MR) is 74.3 cm³/mol. The van der Waals surface area contributed by atoms with Crippen molar-refractivity contribution in [1.82, 2.24) is 4.98 Å². The van der Waals surface area contributed by atoms with Gasteiger partial charge in [0, 0.05) is 6.42 Å². The van der Waals surface area contributed by atoms with E-state index in [1.54, 1.807) is 24.6 Å². The lowest BCUT2D eigenvalue weighted by Gasteiger charge is -2.03. The van der Waals surface area contributed by atoms with Gasteiger partial charge in [0.1, 0.15) is 4.88 Å². The summed E-state index contributed by atoms with van der Waals surface area (Å²) in [7, 11) is 0. The number of thiazole rings is 1. The Morgan fingerprint density at radius 1 is 1.30 bits per heavy atom.